The zero-order valence-electron chi connectivity index (χ0n) is 17.5. The molecule has 0 spiro atoms. The van der Waals surface area contributed by atoms with E-state index in [-0.39, 0.29) is 24.0 Å². The van der Waals surface area contributed by atoms with Crippen molar-refractivity contribution in [2.75, 3.05) is 45.8 Å². The van der Waals surface area contributed by atoms with Crippen LogP contribution in [0.25, 0.3) is 6.08 Å². The van der Waals surface area contributed by atoms with Crippen LogP contribution in [0.4, 0.5) is 0 Å². The number of nitrogens with one attached hydrogen (secondary N) is 1. The van der Waals surface area contributed by atoms with Gasteiger partial charge in [0, 0.05) is 59.1 Å². The highest BCUT2D eigenvalue weighted by molar-refractivity contribution is 14.0. The average molecular weight is 508 g/mol. The molecule has 1 aliphatic rings. The van der Waals surface area contributed by atoms with Gasteiger partial charge in [-0.25, -0.2) is 0 Å². The predicted octanol–water partition coefficient (Wildman–Crippen LogP) is 2.88. The predicted molar refractivity (Wildman–Crippen MR) is 132 cm³/mol. The van der Waals surface area contributed by atoms with Crippen molar-refractivity contribution in [3.8, 4) is 0 Å². The zero-order valence-corrected chi connectivity index (χ0v) is 19.8. The first kappa shape index (κ1) is 23.4. The number of aryl methyl sites for hydroxylation is 1. The summed E-state index contributed by atoms with van der Waals surface area (Å²) in [5, 5.41) is 7.67. The lowest BCUT2D eigenvalue weighted by molar-refractivity contribution is 0.194. The van der Waals surface area contributed by atoms with Crippen LogP contribution in [0.2, 0.25) is 0 Å². The van der Waals surface area contributed by atoms with Crippen LogP contribution in [0.1, 0.15) is 18.1 Å². The highest BCUT2D eigenvalue weighted by Crippen LogP contribution is 2.06. The fourth-order valence-electron chi connectivity index (χ4n) is 3.36. The smallest absolute Gasteiger partial charge is 0.194 e. The Hall–Kier alpha value is -1.87. The fourth-order valence-corrected chi connectivity index (χ4v) is 3.36. The molecule has 1 saturated heterocycles. The number of hydrogen-bond acceptors (Lipinski definition) is 3. The van der Waals surface area contributed by atoms with Crippen molar-refractivity contribution < 1.29 is 0 Å². The molecule has 1 aromatic heterocycles. The summed E-state index contributed by atoms with van der Waals surface area (Å²) in [5.41, 5.74) is 2.49. The van der Waals surface area contributed by atoms with E-state index in [9.17, 15) is 0 Å². The molecule has 1 aromatic carbocycles. The third kappa shape index (κ3) is 7.81. The lowest BCUT2D eigenvalue weighted by Gasteiger charge is -2.36. The molecule has 1 N–H and O–H groups in total. The zero-order chi connectivity index (χ0) is 19.6. The van der Waals surface area contributed by atoms with Gasteiger partial charge in [0.25, 0.3) is 0 Å². The molecule has 2 aromatic rings. The standard InChI is InChI=1S/C22H32N6.HI/c1-3-23-22(24-12-11-21-18-25-26(2)19-21)28-16-14-27(15-17-28)13-7-10-20-8-5-4-6-9-20;/h4-10,18-19H,3,11-17H2,1-2H3,(H,23,24);1H/b10-7+;. The number of benzene rings is 1. The van der Waals surface area contributed by atoms with Gasteiger partial charge in [-0.3, -0.25) is 14.6 Å². The largest absolute Gasteiger partial charge is 0.357 e. The maximum atomic E-state index is 4.83. The molecule has 0 unspecified atom stereocenters. The molecule has 158 valence electrons. The third-order valence-electron chi connectivity index (χ3n) is 4.90. The quantitative estimate of drug-likeness (QED) is 0.355. The molecule has 1 aliphatic heterocycles. The lowest BCUT2D eigenvalue weighted by Crippen LogP contribution is -2.52. The molecule has 0 atom stereocenters. The number of aromatic nitrogens is 2. The number of halogens is 1. The molecule has 2 heterocycles. The molecule has 0 saturated carbocycles. The molecular formula is C22H33IN6. The van der Waals surface area contributed by atoms with E-state index in [1.165, 1.54) is 11.1 Å². The maximum absolute atomic E-state index is 4.83. The number of piperazine rings is 1. The summed E-state index contributed by atoms with van der Waals surface area (Å²) in [6.45, 7) is 8.95. The van der Waals surface area contributed by atoms with Crippen molar-refractivity contribution >= 4 is 36.0 Å². The van der Waals surface area contributed by atoms with Crippen LogP contribution in [-0.2, 0) is 13.5 Å². The summed E-state index contributed by atoms with van der Waals surface area (Å²) in [4.78, 5) is 9.70. The average Bonchev–Trinajstić information content (AvgIpc) is 3.14. The Labute approximate surface area is 191 Å². The normalized spacial score (nSPS) is 15.5. The minimum atomic E-state index is 0. The minimum absolute atomic E-state index is 0. The fraction of sp³-hybridized carbons (Fsp3) is 0.455. The van der Waals surface area contributed by atoms with E-state index < -0.39 is 0 Å². The molecular weight excluding hydrogens is 475 g/mol. The van der Waals surface area contributed by atoms with Gasteiger partial charge in [0.1, 0.15) is 0 Å². The van der Waals surface area contributed by atoms with E-state index >= 15 is 0 Å². The van der Waals surface area contributed by atoms with Gasteiger partial charge in [-0.15, -0.1) is 24.0 Å². The van der Waals surface area contributed by atoms with E-state index in [0.717, 1.165) is 58.2 Å². The summed E-state index contributed by atoms with van der Waals surface area (Å²) >= 11 is 0. The van der Waals surface area contributed by atoms with E-state index in [2.05, 4.69) is 75.8 Å². The molecule has 7 heteroatoms. The third-order valence-corrected chi connectivity index (χ3v) is 4.90. The number of hydrogen-bond donors (Lipinski definition) is 1. The van der Waals surface area contributed by atoms with Crippen molar-refractivity contribution in [3.05, 3.63) is 59.9 Å². The molecule has 0 aliphatic carbocycles. The van der Waals surface area contributed by atoms with Gasteiger partial charge in [-0.1, -0.05) is 42.5 Å². The molecule has 1 fully saturated rings. The van der Waals surface area contributed by atoms with Crippen molar-refractivity contribution in [2.45, 2.75) is 13.3 Å². The van der Waals surface area contributed by atoms with Crippen molar-refractivity contribution in [1.82, 2.24) is 24.9 Å². The number of rotatable bonds is 7. The lowest BCUT2D eigenvalue weighted by atomic mass is 10.2. The van der Waals surface area contributed by atoms with Gasteiger partial charge in [-0.2, -0.15) is 5.10 Å². The Kier molecular flexibility index (Phi) is 10.2. The number of nitrogens with zero attached hydrogens (tertiary/aromatic N) is 5. The first-order valence-corrected chi connectivity index (χ1v) is 10.2. The maximum Gasteiger partial charge on any atom is 0.194 e. The second kappa shape index (κ2) is 12.6. The van der Waals surface area contributed by atoms with Gasteiger partial charge < -0.3 is 10.2 Å². The monoisotopic (exact) mass is 508 g/mol. The van der Waals surface area contributed by atoms with Gasteiger partial charge in [0.05, 0.1) is 6.20 Å². The summed E-state index contributed by atoms with van der Waals surface area (Å²) in [7, 11) is 1.95. The Morgan fingerprint density at radius 2 is 1.93 bits per heavy atom. The summed E-state index contributed by atoms with van der Waals surface area (Å²) in [6, 6.07) is 10.5. The molecule has 3 rings (SSSR count). The SMILES string of the molecule is CCNC(=NCCc1cnn(C)c1)N1CCN(C/C=C/c2ccccc2)CC1.I. The van der Waals surface area contributed by atoms with Crippen molar-refractivity contribution in [1.29, 1.82) is 0 Å². The molecule has 6 nitrogen and oxygen atoms in total. The molecule has 0 radical (unpaired) electrons. The molecule has 0 amide bonds. The number of guanidine groups is 1. The van der Waals surface area contributed by atoms with Gasteiger partial charge in [0.15, 0.2) is 5.96 Å². The van der Waals surface area contributed by atoms with Crippen molar-refractivity contribution in [3.63, 3.8) is 0 Å². The van der Waals surface area contributed by atoms with Crippen LogP contribution in [-0.4, -0.2) is 71.4 Å². The second-order valence-corrected chi connectivity index (χ2v) is 7.11. The highest BCUT2D eigenvalue weighted by Gasteiger charge is 2.18. The van der Waals surface area contributed by atoms with E-state index in [4.69, 9.17) is 4.99 Å². The summed E-state index contributed by atoms with van der Waals surface area (Å²) < 4.78 is 1.84. The Morgan fingerprint density at radius 3 is 2.59 bits per heavy atom. The van der Waals surface area contributed by atoms with Gasteiger partial charge in [0.2, 0.25) is 0 Å². The van der Waals surface area contributed by atoms with E-state index in [1.807, 2.05) is 17.9 Å². The van der Waals surface area contributed by atoms with Gasteiger partial charge >= 0.3 is 0 Å². The van der Waals surface area contributed by atoms with Crippen LogP contribution in [0, 0.1) is 0 Å². The van der Waals surface area contributed by atoms with Crippen LogP contribution < -0.4 is 5.32 Å². The Bertz CT molecular complexity index is 763. The second-order valence-electron chi connectivity index (χ2n) is 7.11. The van der Waals surface area contributed by atoms with Crippen LogP contribution in [0.15, 0.2) is 53.8 Å². The van der Waals surface area contributed by atoms with E-state index in [1.54, 1.807) is 0 Å². The van der Waals surface area contributed by atoms with E-state index in [0.29, 0.717) is 0 Å². The molecule has 0 bridgehead atoms. The first-order chi connectivity index (χ1) is 13.7. The van der Waals surface area contributed by atoms with Gasteiger partial charge in [-0.05, 0) is 24.5 Å². The number of aliphatic imine (C=N–C) groups is 1. The van der Waals surface area contributed by atoms with Crippen LogP contribution in [0.3, 0.4) is 0 Å². The Balaban J connectivity index is 0.00000300. The van der Waals surface area contributed by atoms with Crippen molar-refractivity contribution in [2.24, 2.45) is 12.0 Å². The highest BCUT2D eigenvalue weighted by atomic mass is 127. The minimum Gasteiger partial charge on any atom is -0.357 e. The summed E-state index contributed by atoms with van der Waals surface area (Å²) in [6.07, 6.45) is 9.37. The summed E-state index contributed by atoms with van der Waals surface area (Å²) in [5.74, 6) is 1.03. The van der Waals surface area contributed by atoms with Crippen LogP contribution in [0.5, 0.6) is 0 Å². The topological polar surface area (TPSA) is 48.7 Å². The Morgan fingerprint density at radius 1 is 1.17 bits per heavy atom. The first-order valence-electron chi connectivity index (χ1n) is 10.2. The molecule has 29 heavy (non-hydrogen) atoms. The van der Waals surface area contributed by atoms with Crippen LogP contribution >= 0.6 is 24.0 Å².